The number of rotatable bonds is 7. The van der Waals surface area contributed by atoms with E-state index in [2.05, 4.69) is 20.6 Å². The van der Waals surface area contributed by atoms with Gasteiger partial charge in [-0.25, -0.2) is 9.97 Å². The van der Waals surface area contributed by atoms with Crippen molar-refractivity contribution in [1.82, 2.24) is 9.97 Å². The first-order valence-electron chi connectivity index (χ1n) is 8.90. The molecule has 1 aromatic heterocycles. The predicted octanol–water partition coefficient (Wildman–Crippen LogP) is 4.76. The van der Waals surface area contributed by atoms with Gasteiger partial charge in [-0.15, -0.1) is 0 Å². The lowest BCUT2D eigenvalue weighted by Gasteiger charge is -2.14. The van der Waals surface area contributed by atoms with Crippen LogP contribution in [-0.2, 0) is 11.2 Å². The highest BCUT2D eigenvalue weighted by molar-refractivity contribution is 6.30. The number of nitrogens with one attached hydrogen (secondary N) is 2. The highest BCUT2D eigenvalue weighted by Gasteiger charge is 2.09. The standard InChI is InChI=1S/C21H21ClN4O2/c1-3-15-4-7-17(25-20-10-14(2)23-13-24-20)11-19(15)26-21(27)12-28-18-8-5-16(22)6-9-18/h4-11,13H,3,12H2,1-2H3,(H,26,27)(H,23,24,25). The van der Waals surface area contributed by atoms with Gasteiger partial charge in [0.1, 0.15) is 17.9 Å². The Balaban J connectivity index is 1.67. The Morgan fingerprint density at radius 2 is 1.89 bits per heavy atom. The minimum atomic E-state index is -0.236. The van der Waals surface area contributed by atoms with Crippen LogP contribution in [0.25, 0.3) is 0 Å². The fourth-order valence-electron chi connectivity index (χ4n) is 2.62. The van der Waals surface area contributed by atoms with E-state index in [0.717, 1.165) is 29.1 Å². The third-order valence-electron chi connectivity index (χ3n) is 4.02. The molecule has 1 amide bonds. The van der Waals surface area contributed by atoms with Crippen LogP contribution >= 0.6 is 11.6 Å². The maximum absolute atomic E-state index is 12.3. The van der Waals surface area contributed by atoms with Crippen molar-refractivity contribution in [3.8, 4) is 5.75 Å². The van der Waals surface area contributed by atoms with Crippen molar-refractivity contribution in [3.05, 3.63) is 71.1 Å². The van der Waals surface area contributed by atoms with Crippen LogP contribution in [0.2, 0.25) is 5.02 Å². The number of halogens is 1. The topological polar surface area (TPSA) is 76.1 Å². The third-order valence-corrected chi connectivity index (χ3v) is 4.28. The number of carbonyl (C=O) groups excluding carboxylic acids is 1. The molecule has 6 nitrogen and oxygen atoms in total. The predicted molar refractivity (Wildman–Crippen MR) is 111 cm³/mol. The Morgan fingerprint density at radius 3 is 2.61 bits per heavy atom. The van der Waals surface area contributed by atoms with Gasteiger partial charge >= 0.3 is 0 Å². The van der Waals surface area contributed by atoms with Gasteiger partial charge in [0, 0.05) is 28.2 Å². The zero-order valence-electron chi connectivity index (χ0n) is 15.7. The monoisotopic (exact) mass is 396 g/mol. The number of hydrogen-bond acceptors (Lipinski definition) is 5. The van der Waals surface area contributed by atoms with Crippen LogP contribution in [0.15, 0.2) is 54.9 Å². The van der Waals surface area contributed by atoms with Crippen LogP contribution in [0.3, 0.4) is 0 Å². The van der Waals surface area contributed by atoms with Crippen molar-refractivity contribution in [2.24, 2.45) is 0 Å². The van der Waals surface area contributed by atoms with Gasteiger partial charge in [0.05, 0.1) is 0 Å². The second-order valence-electron chi connectivity index (χ2n) is 6.19. The number of ether oxygens (including phenoxy) is 1. The van der Waals surface area contributed by atoms with E-state index in [0.29, 0.717) is 16.6 Å². The van der Waals surface area contributed by atoms with Crippen LogP contribution in [0.5, 0.6) is 5.75 Å². The fourth-order valence-corrected chi connectivity index (χ4v) is 2.74. The first kappa shape index (κ1) is 19.6. The first-order valence-corrected chi connectivity index (χ1v) is 9.28. The molecule has 0 radical (unpaired) electrons. The average molecular weight is 397 g/mol. The van der Waals surface area contributed by atoms with E-state index in [1.54, 1.807) is 24.3 Å². The summed E-state index contributed by atoms with van der Waals surface area (Å²) in [6, 6.07) is 14.6. The van der Waals surface area contributed by atoms with Crippen molar-refractivity contribution in [2.45, 2.75) is 20.3 Å². The number of nitrogens with zero attached hydrogens (tertiary/aromatic N) is 2. The molecule has 0 saturated carbocycles. The summed E-state index contributed by atoms with van der Waals surface area (Å²) in [5.74, 6) is 1.05. The number of aryl methyl sites for hydroxylation is 2. The van der Waals surface area contributed by atoms with Crippen LogP contribution in [0.4, 0.5) is 17.2 Å². The number of aromatic nitrogens is 2. The number of benzene rings is 2. The molecule has 0 aliphatic rings. The van der Waals surface area contributed by atoms with Crippen molar-refractivity contribution in [2.75, 3.05) is 17.2 Å². The van der Waals surface area contributed by atoms with Gasteiger partial charge in [-0.3, -0.25) is 4.79 Å². The van der Waals surface area contributed by atoms with Crippen LogP contribution in [0, 0.1) is 6.92 Å². The molecular weight excluding hydrogens is 376 g/mol. The summed E-state index contributed by atoms with van der Waals surface area (Å²) in [6.07, 6.45) is 2.30. The SMILES string of the molecule is CCc1ccc(Nc2cc(C)ncn2)cc1NC(=O)COc1ccc(Cl)cc1. The summed E-state index contributed by atoms with van der Waals surface area (Å²) in [4.78, 5) is 20.6. The molecule has 2 N–H and O–H groups in total. The summed E-state index contributed by atoms with van der Waals surface area (Å²) in [5, 5.41) is 6.76. The van der Waals surface area contributed by atoms with E-state index < -0.39 is 0 Å². The molecule has 0 aliphatic heterocycles. The lowest BCUT2D eigenvalue weighted by atomic mass is 10.1. The largest absolute Gasteiger partial charge is 0.484 e. The van der Waals surface area contributed by atoms with Gasteiger partial charge in [0.2, 0.25) is 0 Å². The van der Waals surface area contributed by atoms with Gasteiger partial charge in [-0.1, -0.05) is 24.6 Å². The third kappa shape index (κ3) is 5.44. The van der Waals surface area contributed by atoms with E-state index in [1.165, 1.54) is 6.33 Å². The van der Waals surface area contributed by atoms with E-state index in [4.69, 9.17) is 16.3 Å². The normalized spacial score (nSPS) is 10.4. The quantitative estimate of drug-likeness (QED) is 0.602. The number of carbonyl (C=O) groups is 1. The first-order chi connectivity index (χ1) is 13.5. The van der Waals surface area contributed by atoms with Crippen molar-refractivity contribution >= 4 is 34.7 Å². The van der Waals surface area contributed by atoms with Crippen LogP contribution < -0.4 is 15.4 Å². The zero-order valence-corrected chi connectivity index (χ0v) is 16.5. The van der Waals surface area contributed by atoms with Gasteiger partial charge < -0.3 is 15.4 Å². The highest BCUT2D eigenvalue weighted by Crippen LogP contribution is 2.24. The van der Waals surface area contributed by atoms with Gasteiger partial charge in [-0.2, -0.15) is 0 Å². The minimum absolute atomic E-state index is 0.0897. The molecule has 28 heavy (non-hydrogen) atoms. The second kappa shape index (κ2) is 9.19. The number of amides is 1. The summed E-state index contributed by atoms with van der Waals surface area (Å²) in [5.41, 5.74) is 3.46. The van der Waals surface area contributed by atoms with Crippen molar-refractivity contribution in [1.29, 1.82) is 0 Å². The Hall–Kier alpha value is -3.12. The fraction of sp³-hybridized carbons (Fsp3) is 0.190. The van der Waals surface area contributed by atoms with E-state index in [9.17, 15) is 4.79 Å². The molecule has 0 spiro atoms. The molecule has 0 saturated heterocycles. The van der Waals surface area contributed by atoms with Crippen LogP contribution in [0.1, 0.15) is 18.2 Å². The second-order valence-corrected chi connectivity index (χ2v) is 6.62. The lowest BCUT2D eigenvalue weighted by molar-refractivity contribution is -0.118. The molecule has 2 aromatic carbocycles. The van der Waals surface area contributed by atoms with Crippen molar-refractivity contribution < 1.29 is 9.53 Å². The van der Waals surface area contributed by atoms with E-state index >= 15 is 0 Å². The average Bonchev–Trinajstić information content (AvgIpc) is 2.68. The van der Waals surface area contributed by atoms with Gasteiger partial charge in [0.15, 0.2) is 6.61 Å². The van der Waals surface area contributed by atoms with E-state index in [1.807, 2.05) is 38.1 Å². The maximum atomic E-state index is 12.3. The Morgan fingerprint density at radius 1 is 1.11 bits per heavy atom. The molecule has 3 rings (SSSR count). The lowest BCUT2D eigenvalue weighted by Crippen LogP contribution is -2.21. The molecule has 3 aromatic rings. The maximum Gasteiger partial charge on any atom is 0.262 e. The van der Waals surface area contributed by atoms with Crippen LogP contribution in [-0.4, -0.2) is 22.5 Å². The molecule has 0 bridgehead atoms. The molecule has 0 aliphatic carbocycles. The molecule has 0 fully saturated rings. The Kier molecular flexibility index (Phi) is 6.45. The molecule has 144 valence electrons. The Bertz CT molecular complexity index is 961. The number of anilines is 3. The smallest absolute Gasteiger partial charge is 0.262 e. The van der Waals surface area contributed by atoms with Crippen molar-refractivity contribution in [3.63, 3.8) is 0 Å². The summed E-state index contributed by atoms with van der Waals surface area (Å²) in [6.45, 7) is 3.85. The summed E-state index contributed by atoms with van der Waals surface area (Å²) >= 11 is 5.85. The van der Waals surface area contributed by atoms with Gasteiger partial charge in [-0.05, 0) is 55.3 Å². The number of hydrogen-bond donors (Lipinski definition) is 2. The molecule has 7 heteroatoms. The molecular formula is C21H21ClN4O2. The van der Waals surface area contributed by atoms with E-state index in [-0.39, 0.29) is 12.5 Å². The highest BCUT2D eigenvalue weighted by atomic mass is 35.5. The minimum Gasteiger partial charge on any atom is -0.484 e. The summed E-state index contributed by atoms with van der Waals surface area (Å²) in [7, 11) is 0. The zero-order chi connectivity index (χ0) is 19.9. The molecule has 0 atom stereocenters. The Labute approximate surface area is 168 Å². The molecule has 0 unspecified atom stereocenters. The summed E-state index contributed by atoms with van der Waals surface area (Å²) < 4.78 is 5.50. The van der Waals surface area contributed by atoms with Gasteiger partial charge in [0.25, 0.3) is 5.91 Å². The molecule has 1 heterocycles.